The highest BCUT2D eigenvalue weighted by molar-refractivity contribution is 5.85. The number of likely N-dealkylation sites (N-methyl/N-ethyl adjacent to an activating group) is 1. The lowest BCUT2D eigenvalue weighted by Crippen LogP contribution is -2.43. The van der Waals surface area contributed by atoms with Gasteiger partial charge >= 0.3 is 12.0 Å². The molecule has 2 N–H and O–H groups in total. The van der Waals surface area contributed by atoms with Gasteiger partial charge in [-0.3, -0.25) is 0 Å². The third-order valence-corrected chi connectivity index (χ3v) is 3.26. The van der Waals surface area contributed by atoms with Crippen LogP contribution in [0.5, 0.6) is 0 Å². The number of nitrogens with zero attached hydrogens (tertiary/aromatic N) is 2. The van der Waals surface area contributed by atoms with Crippen molar-refractivity contribution in [3.8, 4) is 0 Å². The molecule has 1 saturated heterocycles. The molecule has 1 unspecified atom stereocenters. The number of carbonyl (C=O) groups excluding carboxylic acids is 1. The highest BCUT2D eigenvalue weighted by atomic mass is 16.5. The highest BCUT2D eigenvalue weighted by Crippen LogP contribution is 2.10. The number of aromatic carboxylic acids is 1. The van der Waals surface area contributed by atoms with E-state index in [4.69, 9.17) is 9.84 Å². The Bertz CT molecular complexity index is 483. The fourth-order valence-electron chi connectivity index (χ4n) is 1.95. The van der Waals surface area contributed by atoms with E-state index in [-0.39, 0.29) is 17.8 Å². The molecule has 1 fully saturated rings. The van der Waals surface area contributed by atoms with Gasteiger partial charge in [-0.25, -0.2) is 14.6 Å². The molecule has 1 aliphatic heterocycles. The summed E-state index contributed by atoms with van der Waals surface area (Å²) in [6.45, 7) is 1.56. The van der Waals surface area contributed by atoms with Crippen molar-refractivity contribution in [3.05, 3.63) is 29.6 Å². The highest BCUT2D eigenvalue weighted by Gasteiger charge is 2.23. The SMILES string of the molecule is CN(C(=O)NCc1ccc(C(=O)O)nc1)C1CCOC1. The molecule has 0 spiro atoms. The summed E-state index contributed by atoms with van der Waals surface area (Å²) in [5.74, 6) is -1.07. The summed E-state index contributed by atoms with van der Waals surface area (Å²) in [7, 11) is 1.74. The molecule has 1 aromatic heterocycles. The van der Waals surface area contributed by atoms with Crippen LogP contribution >= 0.6 is 0 Å². The van der Waals surface area contributed by atoms with Crippen molar-refractivity contribution in [2.75, 3.05) is 20.3 Å². The molecule has 1 aromatic rings. The van der Waals surface area contributed by atoms with Gasteiger partial charge in [0.1, 0.15) is 5.69 Å². The summed E-state index contributed by atoms with van der Waals surface area (Å²) in [5.41, 5.74) is 0.736. The number of pyridine rings is 1. The standard InChI is InChI=1S/C13H17N3O4/c1-16(10-4-5-20-8-10)13(19)15-7-9-2-3-11(12(17)18)14-6-9/h2-3,6,10H,4-5,7-8H2,1H3,(H,15,19)(H,17,18). The van der Waals surface area contributed by atoms with E-state index >= 15 is 0 Å². The second-order valence-corrected chi connectivity index (χ2v) is 4.64. The third kappa shape index (κ3) is 3.45. The lowest BCUT2D eigenvalue weighted by atomic mass is 10.2. The summed E-state index contributed by atoms with van der Waals surface area (Å²) < 4.78 is 5.24. The molecule has 7 nitrogen and oxygen atoms in total. The molecule has 0 aliphatic carbocycles. The lowest BCUT2D eigenvalue weighted by molar-refractivity contribution is 0.0690. The second-order valence-electron chi connectivity index (χ2n) is 4.64. The van der Waals surface area contributed by atoms with E-state index in [0.717, 1.165) is 12.0 Å². The van der Waals surface area contributed by atoms with Gasteiger partial charge in [0.05, 0.1) is 12.6 Å². The van der Waals surface area contributed by atoms with E-state index in [1.807, 2.05) is 0 Å². The van der Waals surface area contributed by atoms with E-state index in [1.165, 1.54) is 12.3 Å². The number of amides is 2. The van der Waals surface area contributed by atoms with Crippen LogP contribution in [-0.2, 0) is 11.3 Å². The normalized spacial score (nSPS) is 17.8. The number of urea groups is 1. The zero-order valence-corrected chi connectivity index (χ0v) is 11.2. The van der Waals surface area contributed by atoms with Crippen molar-refractivity contribution in [3.63, 3.8) is 0 Å². The van der Waals surface area contributed by atoms with Crippen molar-refractivity contribution < 1.29 is 19.4 Å². The monoisotopic (exact) mass is 279 g/mol. The van der Waals surface area contributed by atoms with Gasteiger partial charge in [0.25, 0.3) is 0 Å². The smallest absolute Gasteiger partial charge is 0.354 e. The maximum absolute atomic E-state index is 11.9. The molecule has 7 heteroatoms. The van der Waals surface area contributed by atoms with Crippen LogP contribution in [0.25, 0.3) is 0 Å². The van der Waals surface area contributed by atoms with Crippen molar-refractivity contribution >= 4 is 12.0 Å². The van der Waals surface area contributed by atoms with Crippen LogP contribution in [0.3, 0.4) is 0 Å². The predicted octanol–water partition coefficient (Wildman–Crippen LogP) is 0.710. The number of carboxylic acid groups (broad SMARTS) is 1. The number of hydrogen-bond donors (Lipinski definition) is 2. The first-order valence-electron chi connectivity index (χ1n) is 6.34. The first-order valence-corrected chi connectivity index (χ1v) is 6.34. The average molecular weight is 279 g/mol. The Balaban J connectivity index is 1.84. The number of carbonyl (C=O) groups is 2. The fourth-order valence-corrected chi connectivity index (χ4v) is 1.95. The Morgan fingerprint density at radius 1 is 1.55 bits per heavy atom. The van der Waals surface area contributed by atoms with Gasteiger partial charge in [-0.15, -0.1) is 0 Å². The molecule has 2 rings (SSSR count). The Labute approximate surface area is 116 Å². The van der Waals surface area contributed by atoms with Crippen molar-refractivity contribution in [1.29, 1.82) is 0 Å². The minimum absolute atomic E-state index is 0.0136. The lowest BCUT2D eigenvalue weighted by Gasteiger charge is -2.23. The molecule has 1 atom stereocenters. The summed E-state index contributed by atoms with van der Waals surface area (Å²) in [6.07, 6.45) is 2.29. The van der Waals surface area contributed by atoms with Gasteiger partial charge in [-0.1, -0.05) is 6.07 Å². The quantitative estimate of drug-likeness (QED) is 0.847. The zero-order chi connectivity index (χ0) is 14.5. The molecule has 2 amide bonds. The molecule has 0 saturated carbocycles. The summed E-state index contributed by atoms with van der Waals surface area (Å²) >= 11 is 0. The minimum Gasteiger partial charge on any atom is -0.477 e. The van der Waals surface area contributed by atoms with Gasteiger partial charge in [0, 0.05) is 26.4 Å². The van der Waals surface area contributed by atoms with Crippen LogP contribution < -0.4 is 5.32 Å². The summed E-state index contributed by atoms with van der Waals surface area (Å²) in [5, 5.41) is 11.5. The fraction of sp³-hybridized carbons (Fsp3) is 0.462. The summed E-state index contributed by atoms with van der Waals surface area (Å²) in [6, 6.07) is 2.98. The number of carboxylic acids is 1. The molecule has 0 aromatic carbocycles. The summed E-state index contributed by atoms with van der Waals surface area (Å²) in [4.78, 5) is 28.0. The van der Waals surface area contributed by atoms with Crippen LogP contribution in [0.2, 0.25) is 0 Å². The van der Waals surface area contributed by atoms with E-state index < -0.39 is 5.97 Å². The number of nitrogens with one attached hydrogen (secondary N) is 1. The molecular weight excluding hydrogens is 262 g/mol. The van der Waals surface area contributed by atoms with E-state index in [9.17, 15) is 9.59 Å². The number of rotatable bonds is 4. The van der Waals surface area contributed by atoms with Gasteiger partial charge in [0.2, 0.25) is 0 Å². The Morgan fingerprint density at radius 3 is 2.90 bits per heavy atom. The molecule has 20 heavy (non-hydrogen) atoms. The number of aromatic nitrogens is 1. The van der Waals surface area contributed by atoms with Crippen LogP contribution in [0.15, 0.2) is 18.3 Å². The zero-order valence-electron chi connectivity index (χ0n) is 11.2. The maximum Gasteiger partial charge on any atom is 0.354 e. The van der Waals surface area contributed by atoms with E-state index in [1.54, 1.807) is 18.0 Å². The first-order chi connectivity index (χ1) is 9.58. The van der Waals surface area contributed by atoms with Crippen molar-refractivity contribution in [2.45, 2.75) is 19.0 Å². The molecule has 1 aliphatic rings. The van der Waals surface area contributed by atoms with Gasteiger partial charge in [-0.05, 0) is 18.1 Å². The average Bonchev–Trinajstić information content (AvgIpc) is 2.98. The maximum atomic E-state index is 11.9. The van der Waals surface area contributed by atoms with Crippen LogP contribution in [0.4, 0.5) is 4.79 Å². The van der Waals surface area contributed by atoms with E-state index in [0.29, 0.717) is 19.8 Å². The largest absolute Gasteiger partial charge is 0.477 e. The van der Waals surface area contributed by atoms with Crippen LogP contribution in [0, 0.1) is 0 Å². The predicted molar refractivity (Wildman–Crippen MR) is 70.4 cm³/mol. The molecule has 0 bridgehead atoms. The topological polar surface area (TPSA) is 91.8 Å². The van der Waals surface area contributed by atoms with Crippen molar-refractivity contribution in [2.24, 2.45) is 0 Å². The minimum atomic E-state index is -1.07. The van der Waals surface area contributed by atoms with Crippen LogP contribution in [0.1, 0.15) is 22.5 Å². The molecule has 0 radical (unpaired) electrons. The number of ether oxygens (including phenoxy) is 1. The van der Waals surface area contributed by atoms with Crippen molar-refractivity contribution in [1.82, 2.24) is 15.2 Å². The van der Waals surface area contributed by atoms with Crippen LogP contribution in [-0.4, -0.2) is 53.3 Å². The molecule has 2 heterocycles. The van der Waals surface area contributed by atoms with E-state index in [2.05, 4.69) is 10.3 Å². The van der Waals surface area contributed by atoms with Gasteiger partial charge in [0.15, 0.2) is 0 Å². The third-order valence-electron chi connectivity index (χ3n) is 3.26. The Hall–Kier alpha value is -2.15. The van der Waals surface area contributed by atoms with Gasteiger partial charge in [-0.2, -0.15) is 0 Å². The Morgan fingerprint density at radius 2 is 2.35 bits per heavy atom. The Kier molecular flexibility index (Phi) is 4.52. The van der Waals surface area contributed by atoms with Gasteiger partial charge < -0.3 is 20.1 Å². The second kappa shape index (κ2) is 6.33. The molecular formula is C13H17N3O4. The number of hydrogen-bond acceptors (Lipinski definition) is 4. The molecule has 108 valence electrons. The first kappa shape index (κ1) is 14.3.